The summed E-state index contributed by atoms with van der Waals surface area (Å²) in [6.45, 7) is 1.96. The Morgan fingerprint density at radius 3 is 2.74 bits per heavy atom. The highest BCUT2D eigenvalue weighted by atomic mass is 32.2. The molecule has 0 saturated carbocycles. The molecule has 1 atom stereocenters. The molecule has 1 amide bonds. The number of anilines is 1. The van der Waals surface area contributed by atoms with Gasteiger partial charge in [-0.1, -0.05) is 29.7 Å². The van der Waals surface area contributed by atoms with E-state index < -0.39 is 23.7 Å². The first kappa shape index (κ1) is 19.1. The number of nitrogens with zero attached hydrogens (tertiary/aromatic N) is 1. The van der Waals surface area contributed by atoms with E-state index in [9.17, 15) is 18.0 Å². The van der Waals surface area contributed by atoms with Crippen molar-refractivity contribution in [3.63, 3.8) is 0 Å². The molecule has 1 N–H and O–H groups in total. The smallest absolute Gasteiger partial charge is 0.324 e. The Labute approximate surface area is 159 Å². The molecule has 0 radical (unpaired) electrons. The first-order chi connectivity index (χ1) is 12.8. The summed E-state index contributed by atoms with van der Waals surface area (Å²) in [5.74, 6) is 1.99. The van der Waals surface area contributed by atoms with Gasteiger partial charge in [-0.2, -0.15) is 13.2 Å². The van der Waals surface area contributed by atoms with E-state index in [-0.39, 0.29) is 11.3 Å². The molecule has 138 valence electrons. The first-order valence-electron chi connectivity index (χ1n) is 8.04. The van der Waals surface area contributed by atoms with Crippen molar-refractivity contribution in [1.82, 2.24) is 0 Å². The van der Waals surface area contributed by atoms with Gasteiger partial charge in [0.25, 0.3) is 0 Å². The van der Waals surface area contributed by atoms with Gasteiger partial charge in [0.2, 0.25) is 5.91 Å². The number of thioether (sulfide) groups is 1. The highest BCUT2D eigenvalue weighted by Gasteiger charge is 2.34. The number of rotatable bonds is 3. The number of aryl methyl sites for hydroxylation is 1. The second-order valence-corrected chi connectivity index (χ2v) is 7.03. The van der Waals surface area contributed by atoms with Crippen LogP contribution in [0.1, 0.15) is 22.3 Å². The van der Waals surface area contributed by atoms with Crippen molar-refractivity contribution in [2.45, 2.75) is 19.1 Å². The summed E-state index contributed by atoms with van der Waals surface area (Å²) < 4.78 is 39.3. The number of carbonyl (C=O) groups is 1. The maximum absolute atomic E-state index is 13.1. The SMILES string of the molecule is C#Cc1ccc(NC(=O)C2CSC(c3cccc(C)c3)=N2)cc1C(F)(F)F. The molecule has 1 heterocycles. The molecule has 1 aliphatic rings. The van der Waals surface area contributed by atoms with Gasteiger partial charge in [-0.15, -0.1) is 18.2 Å². The third-order valence-corrected chi connectivity index (χ3v) is 5.06. The molecule has 0 spiro atoms. The quantitative estimate of drug-likeness (QED) is 0.787. The summed E-state index contributed by atoms with van der Waals surface area (Å²) in [7, 11) is 0. The maximum Gasteiger partial charge on any atom is 0.417 e. The fourth-order valence-electron chi connectivity index (χ4n) is 2.65. The lowest BCUT2D eigenvalue weighted by atomic mass is 10.1. The Kier molecular flexibility index (Phi) is 5.29. The van der Waals surface area contributed by atoms with Gasteiger partial charge < -0.3 is 5.32 Å². The van der Waals surface area contributed by atoms with Crippen LogP contribution in [0.5, 0.6) is 0 Å². The molecule has 0 aromatic heterocycles. The number of carbonyl (C=O) groups excluding carboxylic acids is 1. The zero-order valence-corrected chi connectivity index (χ0v) is 15.1. The number of aliphatic imine (C=N–C) groups is 1. The van der Waals surface area contributed by atoms with Crippen LogP contribution in [0, 0.1) is 19.3 Å². The van der Waals surface area contributed by atoms with Crippen molar-refractivity contribution in [3.8, 4) is 12.3 Å². The Bertz CT molecular complexity index is 960. The third-order valence-electron chi connectivity index (χ3n) is 3.97. The van der Waals surface area contributed by atoms with E-state index in [1.165, 1.54) is 23.9 Å². The molecule has 0 saturated heterocycles. The zero-order chi connectivity index (χ0) is 19.6. The zero-order valence-electron chi connectivity index (χ0n) is 14.3. The molecule has 2 aromatic rings. The molecule has 7 heteroatoms. The van der Waals surface area contributed by atoms with Gasteiger partial charge in [0.1, 0.15) is 6.04 Å². The van der Waals surface area contributed by atoms with Crippen LogP contribution >= 0.6 is 11.8 Å². The number of nitrogens with one attached hydrogen (secondary N) is 1. The van der Waals surface area contributed by atoms with E-state index in [1.54, 1.807) is 0 Å². The topological polar surface area (TPSA) is 41.5 Å². The van der Waals surface area contributed by atoms with Crippen LogP contribution in [0.2, 0.25) is 0 Å². The second kappa shape index (κ2) is 7.49. The molecule has 0 aliphatic carbocycles. The minimum absolute atomic E-state index is 0.0375. The molecular formula is C20H15F3N2OS. The molecule has 0 fully saturated rings. The van der Waals surface area contributed by atoms with Gasteiger partial charge in [-0.3, -0.25) is 9.79 Å². The molecule has 3 nitrogen and oxygen atoms in total. The third kappa shape index (κ3) is 4.34. The van der Waals surface area contributed by atoms with Crippen LogP contribution < -0.4 is 5.32 Å². The van der Waals surface area contributed by atoms with Gasteiger partial charge in [-0.25, -0.2) is 0 Å². The summed E-state index contributed by atoms with van der Waals surface area (Å²) in [6.07, 6.45) is 0.526. The van der Waals surface area contributed by atoms with Gasteiger partial charge in [0, 0.05) is 22.6 Å². The standard InChI is InChI=1S/C20H15F3N2OS/c1-3-13-7-8-15(10-16(13)20(21,22)23)24-18(26)17-11-27-19(25-17)14-6-4-5-12(2)9-14/h1,4-10,17H,11H2,2H3,(H,24,26). The average molecular weight is 388 g/mol. The summed E-state index contributed by atoms with van der Waals surface area (Å²) >= 11 is 1.45. The summed E-state index contributed by atoms with van der Waals surface area (Å²) in [5.41, 5.74) is 0.824. The van der Waals surface area contributed by atoms with Gasteiger partial charge in [-0.05, 0) is 31.2 Å². The molecule has 1 aliphatic heterocycles. The number of terminal acetylenes is 1. The van der Waals surface area contributed by atoms with E-state index in [1.807, 2.05) is 37.1 Å². The van der Waals surface area contributed by atoms with Crippen LogP contribution in [0.3, 0.4) is 0 Å². The lowest BCUT2D eigenvalue weighted by Gasteiger charge is -2.13. The Morgan fingerprint density at radius 2 is 2.07 bits per heavy atom. The van der Waals surface area contributed by atoms with E-state index in [0.717, 1.165) is 22.2 Å². The van der Waals surface area contributed by atoms with Crippen molar-refractivity contribution in [3.05, 3.63) is 64.7 Å². The fraction of sp³-hybridized carbons (Fsp3) is 0.200. The van der Waals surface area contributed by atoms with Gasteiger partial charge in [0.15, 0.2) is 0 Å². The summed E-state index contributed by atoms with van der Waals surface area (Å²) in [5, 5.41) is 3.25. The monoisotopic (exact) mass is 388 g/mol. The van der Waals surface area contributed by atoms with Crippen molar-refractivity contribution < 1.29 is 18.0 Å². The number of hydrogen-bond acceptors (Lipinski definition) is 3. The van der Waals surface area contributed by atoms with Crippen molar-refractivity contribution >= 4 is 28.4 Å². The van der Waals surface area contributed by atoms with Crippen LogP contribution in [0.25, 0.3) is 0 Å². The normalized spacial score (nSPS) is 16.6. The molecule has 27 heavy (non-hydrogen) atoms. The van der Waals surface area contributed by atoms with Gasteiger partial charge in [0.05, 0.1) is 10.6 Å². The van der Waals surface area contributed by atoms with Crippen LogP contribution in [0.15, 0.2) is 47.5 Å². The Morgan fingerprint density at radius 1 is 1.30 bits per heavy atom. The minimum Gasteiger partial charge on any atom is -0.324 e. The van der Waals surface area contributed by atoms with Crippen molar-refractivity contribution in [1.29, 1.82) is 0 Å². The van der Waals surface area contributed by atoms with Crippen molar-refractivity contribution in [2.75, 3.05) is 11.1 Å². The lowest BCUT2D eigenvalue weighted by molar-refractivity contribution is -0.137. The predicted molar refractivity (Wildman–Crippen MR) is 102 cm³/mol. The number of halogens is 3. The van der Waals surface area contributed by atoms with Crippen molar-refractivity contribution in [2.24, 2.45) is 4.99 Å². The van der Waals surface area contributed by atoms with E-state index in [0.29, 0.717) is 5.75 Å². The number of amides is 1. The van der Waals surface area contributed by atoms with Crippen LogP contribution in [-0.2, 0) is 11.0 Å². The molecular weight excluding hydrogens is 373 g/mol. The maximum atomic E-state index is 13.1. The Balaban J connectivity index is 1.78. The summed E-state index contributed by atoms with van der Waals surface area (Å²) in [6, 6.07) is 10.5. The molecule has 2 aromatic carbocycles. The first-order valence-corrected chi connectivity index (χ1v) is 9.03. The molecule has 3 rings (SSSR count). The van der Waals surface area contributed by atoms with E-state index in [2.05, 4.69) is 10.3 Å². The number of benzene rings is 2. The largest absolute Gasteiger partial charge is 0.417 e. The fourth-order valence-corrected chi connectivity index (χ4v) is 3.69. The summed E-state index contributed by atoms with van der Waals surface area (Å²) in [4.78, 5) is 16.8. The minimum atomic E-state index is -4.60. The predicted octanol–water partition coefficient (Wildman–Crippen LogP) is 4.50. The number of hydrogen-bond donors (Lipinski definition) is 1. The molecule has 1 unspecified atom stereocenters. The Hall–Kier alpha value is -2.72. The highest BCUT2D eigenvalue weighted by Crippen LogP contribution is 2.34. The van der Waals surface area contributed by atoms with Gasteiger partial charge >= 0.3 is 6.18 Å². The van der Waals surface area contributed by atoms with Crippen LogP contribution in [0.4, 0.5) is 18.9 Å². The lowest BCUT2D eigenvalue weighted by Crippen LogP contribution is -2.26. The van der Waals surface area contributed by atoms with Crippen LogP contribution in [-0.4, -0.2) is 22.7 Å². The molecule has 0 bridgehead atoms. The second-order valence-electron chi connectivity index (χ2n) is 6.02. The number of alkyl halides is 3. The highest BCUT2D eigenvalue weighted by molar-refractivity contribution is 8.14. The van der Waals surface area contributed by atoms with E-state index >= 15 is 0 Å². The van der Waals surface area contributed by atoms with E-state index in [4.69, 9.17) is 6.42 Å². The average Bonchev–Trinajstić information content (AvgIpc) is 3.11.